The maximum absolute atomic E-state index is 12.3. The van der Waals surface area contributed by atoms with E-state index in [0.717, 1.165) is 5.56 Å². The molecule has 0 aromatic carbocycles. The Labute approximate surface area is 111 Å². The first-order valence-electron chi connectivity index (χ1n) is 6.11. The number of carboxylic acids is 1. The maximum Gasteiger partial charge on any atom is 0.306 e. The molecule has 0 bridgehead atoms. The van der Waals surface area contributed by atoms with Gasteiger partial charge >= 0.3 is 5.97 Å². The fourth-order valence-electron chi connectivity index (χ4n) is 2.11. The van der Waals surface area contributed by atoms with Gasteiger partial charge in [-0.2, -0.15) is 0 Å². The summed E-state index contributed by atoms with van der Waals surface area (Å²) in [6, 6.07) is 1.68. The van der Waals surface area contributed by atoms with Crippen LogP contribution in [0, 0.1) is 6.92 Å². The van der Waals surface area contributed by atoms with Gasteiger partial charge in [-0.3, -0.25) is 14.6 Å². The molecule has 19 heavy (non-hydrogen) atoms. The molecule has 0 radical (unpaired) electrons. The minimum absolute atomic E-state index is 0.0842. The molecule has 1 aromatic heterocycles. The predicted octanol–water partition coefficient (Wildman–Crippen LogP) is 0.706. The lowest BCUT2D eigenvalue weighted by Gasteiger charge is -2.32. The van der Waals surface area contributed by atoms with Crippen LogP contribution in [0.25, 0.3) is 0 Å². The molecule has 6 nitrogen and oxygen atoms in total. The van der Waals surface area contributed by atoms with Crippen molar-refractivity contribution in [2.75, 3.05) is 19.7 Å². The van der Waals surface area contributed by atoms with Crippen molar-refractivity contribution in [1.82, 2.24) is 9.88 Å². The lowest BCUT2D eigenvalue weighted by atomic mass is 10.1. The zero-order valence-electron chi connectivity index (χ0n) is 10.7. The first kappa shape index (κ1) is 13.5. The molecule has 1 atom stereocenters. The second kappa shape index (κ2) is 5.79. The summed E-state index contributed by atoms with van der Waals surface area (Å²) in [5.74, 6) is -1.02. The second-order valence-electron chi connectivity index (χ2n) is 4.53. The Balaban J connectivity index is 2.07. The summed E-state index contributed by atoms with van der Waals surface area (Å²) < 4.78 is 5.35. The van der Waals surface area contributed by atoms with Gasteiger partial charge in [-0.25, -0.2) is 0 Å². The van der Waals surface area contributed by atoms with Crippen LogP contribution < -0.4 is 0 Å². The van der Waals surface area contributed by atoms with E-state index in [4.69, 9.17) is 9.84 Å². The van der Waals surface area contributed by atoms with Crippen molar-refractivity contribution in [2.24, 2.45) is 0 Å². The van der Waals surface area contributed by atoms with Gasteiger partial charge in [-0.15, -0.1) is 0 Å². The minimum Gasteiger partial charge on any atom is -0.481 e. The number of aromatic nitrogens is 1. The molecule has 1 saturated heterocycles. The van der Waals surface area contributed by atoms with Crippen LogP contribution in [0.2, 0.25) is 0 Å². The number of ether oxygens (including phenoxy) is 1. The number of aryl methyl sites for hydroxylation is 1. The Kier molecular flexibility index (Phi) is 4.11. The Bertz CT molecular complexity index is 489. The van der Waals surface area contributed by atoms with Crippen LogP contribution in [0.4, 0.5) is 0 Å². The molecule has 0 spiro atoms. The van der Waals surface area contributed by atoms with Crippen LogP contribution in [0.5, 0.6) is 0 Å². The van der Waals surface area contributed by atoms with Gasteiger partial charge in [0.05, 0.1) is 19.1 Å². The molecule has 1 aliphatic heterocycles. The summed E-state index contributed by atoms with van der Waals surface area (Å²) in [5.41, 5.74) is 1.42. The molecule has 2 heterocycles. The highest BCUT2D eigenvalue weighted by atomic mass is 16.5. The van der Waals surface area contributed by atoms with Crippen molar-refractivity contribution >= 4 is 11.9 Å². The molecule has 0 saturated carbocycles. The molecule has 1 aromatic rings. The SMILES string of the molecule is Cc1cnccc1C(=O)N1CCOC(CC(=O)O)C1. The van der Waals surface area contributed by atoms with Crippen LogP contribution in [-0.4, -0.2) is 52.7 Å². The minimum atomic E-state index is -0.917. The Morgan fingerprint density at radius 2 is 2.37 bits per heavy atom. The van der Waals surface area contributed by atoms with E-state index >= 15 is 0 Å². The summed E-state index contributed by atoms with van der Waals surface area (Å²) in [6.07, 6.45) is 2.70. The predicted molar refractivity (Wildman–Crippen MR) is 66.9 cm³/mol. The van der Waals surface area contributed by atoms with Crippen LogP contribution in [-0.2, 0) is 9.53 Å². The lowest BCUT2D eigenvalue weighted by Crippen LogP contribution is -2.46. The first-order valence-corrected chi connectivity index (χ1v) is 6.11. The van der Waals surface area contributed by atoms with Crippen molar-refractivity contribution < 1.29 is 19.4 Å². The van der Waals surface area contributed by atoms with Gasteiger partial charge in [0, 0.05) is 31.0 Å². The van der Waals surface area contributed by atoms with E-state index in [2.05, 4.69) is 4.98 Å². The number of carbonyl (C=O) groups is 2. The molecular weight excluding hydrogens is 248 g/mol. The zero-order chi connectivity index (χ0) is 13.8. The van der Waals surface area contributed by atoms with Crippen LogP contribution >= 0.6 is 0 Å². The Morgan fingerprint density at radius 1 is 1.58 bits per heavy atom. The summed E-state index contributed by atoms with van der Waals surface area (Å²) >= 11 is 0. The number of aliphatic carboxylic acids is 1. The van der Waals surface area contributed by atoms with E-state index in [9.17, 15) is 9.59 Å². The van der Waals surface area contributed by atoms with E-state index in [1.54, 1.807) is 23.4 Å². The van der Waals surface area contributed by atoms with Crippen molar-refractivity contribution in [2.45, 2.75) is 19.4 Å². The second-order valence-corrected chi connectivity index (χ2v) is 4.53. The smallest absolute Gasteiger partial charge is 0.306 e. The van der Waals surface area contributed by atoms with E-state index in [-0.39, 0.29) is 12.3 Å². The molecule has 1 amide bonds. The van der Waals surface area contributed by atoms with Crippen molar-refractivity contribution in [1.29, 1.82) is 0 Å². The van der Waals surface area contributed by atoms with E-state index in [1.165, 1.54) is 0 Å². The quantitative estimate of drug-likeness (QED) is 0.869. The van der Waals surface area contributed by atoms with Crippen LogP contribution in [0.1, 0.15) is 22.3 Å². The molecule has 6 heteroatoms. The average molecular weight is 264 g/mol. The van der Waals surface area contributed by atoms with E-state index in [1.807, 2.05) is 6.92 Å². The molecule has 1 fully saturated rings. The summed E-state index contributed by atoms with van der Waals surface area (Å²) in [5, 5.41) is 8.76. The van der Waals surface area contributed by atoms with Gasteiger partial charge < -0.3 is 14.7 Å². The van der Waals surface area contributed by atoms with Crippen molar-refractivity contribution in [3.63, 3.8) is 0 Å². The van der Waals surface area contributed by atoms with Crippen LogP contribution in [0.3, 0.4) is 0 Å². The number of hydrogen-bond acceptors (Lipinski definition) is 4. The van der Waals surface area contributed by atoms with Crippen molar-refractivity contribution in [3.05, 3.63) is 29.6 Å². The average Bonchev–Trinajstić information content (AvgIpc) is 2.38. The number of pyridine rings is 1. The monoisotopic (exact) mass is 264 g/mol. The molecule has 102 valence electrons. The summed E-state index contributed by atoms with van der Waals surface area (Å²) in [6.45, 7) is 2.99. The van der Waals surface area contributed by atoms with Gasteiger partial charge in [0.1, 0.15) is 0 Å². The fourth-order valence-corrected chi connectivity index (χ4v) is 2.11. The molecule has 1 N–H and O–H groups in total. The zero-order valence-corrected chi connectivity index (χ0v) is 10.7. The normalized spacial score (nSPS) is 19.2. The number of hydrogen-bond donors (Lipinski definition) is 1. The van der Waals surface area contributed by atoms with E-state index in [0.29, 0.717) is 25.3 Å². The number of carbonyl (C=O) groups excluding carboxylic acids is 1. The molecule has 2 rings (SSSR count). The van der Waals surface area contributed by atoms with E-state index < -0.39 is 12.1 Å². The third-order valence-electron chi connectivity index (χ3n) is 3.08. The number of morpholine rings is 1. The van der Waals surface area contributed by atoms with Gasteiger partial charge in [-0.05, 0) is 18.6 Å². The lowest BCUT2D eigenvalue weighted by molar-refractivity contribution is -0.141. The number of nitrogens with zero attached hydrogens (tertiary/aromatic N) is 2. The molecule has 1 aliphatic rings. The topological polar surface area (TPSA) is 79.7 Å². The Hall–Kier alpha value is -1.95. The number of amides is 1. The maximum atomic E-state index is 12.3. The first-order chi connectivity index (χ1) is 9.08. The molecule has 0 aliphatic carbocycles. The molecular formula is C13H16N2O4. The fraction of sp³-hybridized carbons (Fsp3) is 0.462. The van der Waals surface area contributed by atoms with Gasteiger partial charge in [0.15, 0.2) is 0 Å². The summed E-state index contributed by atoms with van der Waals surface area (Å²) in [4.78, 5) is 28.6. The largest absolute Gasteiger partial charge is 0.481 e. The Morgan fingerprint density at radius 3 is 3.05 bits per heavy atom. The van der Waals surface area contributed by atoms with Crippen LogP contribution in [0.15, 0.2) is 18.5 Å². The van der Waals surface area contributed by atoms with Crippen molar-refractivity contribution in [3.8, 4) is 0 Å². The van der Waals surface area contributed by atoms with Gasteiger partial charge in [0.25, 0.3) is 5.91 Å². The highest BCUT2D eigenvalue weighted by Crippen LogP contribution is 2.14. The van der Waals surface area contributed by atoms with Gasteiger partial charge in [-0.1, -0.05) is 0 Å². The number of rotatable bonds is 3. The standard InChI is InChI=1S/C13H16N2O4/c1-9-7-14-3-2-11(9)13(18)15-4-5-19-10(8-15)6-12(16)17/h2-3,7,10H,4-6,8H2,1H3,(H,16,17). The molecule has 1 unspecified atom stereocenters. The highest BCUT2D eigenvalue weighted by Gasteiger charge is 2.27. The summed E-state index contributed by atoms with van der Waals surface area (Å²) in [7, 11) is 0. The third kappa shape index (κ3) is 3.29. The number of carboxylic acid groups (broad SMARTS) is 1. The highest BCUT2D eigenvalue weighted by molar-refractivity contribution is 5.95. The van der Waals surface area contributed by atoms with Gasteiger partial charge in [0.2, 0.25) is 0 Å². The third-order valence-corrected chi connectivity index (χ3v) is 3.08.